The highest BCUT2D eigenvalue weighted by atomic mass is 16.2. The minimum Gasteiger partial charge on any atom is -0.351 e. The van der Waals surface area contributed by atoms with Crippen LogP contribution in [0.3, 0.4) is 0 Å². The van der Waals surface area contributed by atoms with E-state index < -0.39 is 0 Å². The second-order valence-corrected chi connectivity index (χ2v) is 6.09. The number of nitrogens with one attached hydrogen (secondary N) is 3. The Labute approximate surface area is 145 Å². The molecule has 0 aliphatic carbocycles. The van der Waals surface area contributed by atoms with E-state index in [4.69, 9.17) is 0 Å². The maximum absolute atomic E-state index is 12.2. The van der Waals surface area contributed by atoms with E-state index in [-0.39, 0.29) is 24.4 Å². The van der Waals surface area contributed by atoms with Gasteiger partial charge in [-0.3, -0.25) is 14.3 Å². The minimum atomic E-state index is -0.309. The maximum atomic E-state index is 12.2. The van der Waals surface area contributed by atoms with E-state index in [0.29, 0.717) is 5.69 Å². The zero-order valence-electron chi connectivity index (χ0n) is 14.5. The molecule has 2 aromatic heterocycles. The number of para-hydroxylation sites is 1. The van der Waals surface area contributed by atoms with Gasteiger partial charge in [0.15, 0.2) is 0 Å². The zero-order valence-corrected chi connectivity index (χ0v) is 14.5. The van der Waals surface area contributed by atoms with Crippen LogP contribution in [0.15, 0.2) is 36.5 Å². The average Bonchev–Trinajstić information content (AvgIpc) is 3.15. The van der Waals surface area contributed by atoms with Gasteiger partial charge in [-0.25, -0.2) is 0 Å². The summed E-state index contributed by atoms with van der Waals surface area (Å²) >= 11 is 0. The number of rotatable bonds is 5. The molecular weight excluding hydrogens is 318 g/mol. The molecule has 3 rings (SSSR count). The van der Waals surface area contributed by atoms with Crippen molar-refractivity contribution in [2.24, 2.45) is 7.05 Å². The van der Waals surface area contributed by atoms with Crippen LogP contribution >= 0.6 is 0 Å². The van der Waals surface area contributed by atoms with Gasteiger partial charge < -0.3 is 15.6 Å². The fraction of sp³-hybridized carbons (Fsp3) is 0.278. The van der Waals surface area contributed by atoms with Crippen molar-refractivity contribution in [2.45, 2.75) is 19.9 Å². The lowest BCUT2D eigenvalue weighted by Crippen LogP contribution is -2.38. The zero-order chi connectivity index (χ0) is 18.0. The monoisotopic (exact) mass is 339 g/mol. The van der Waals surface area contributed by atoms with Crippen molar-refractivity contribution < 1.29 is 9.59 Å². The Balaban J connectivity index is 1.56. The van der Waals surface area contributed by atoms with E-state index >= 15 is 0 Å². The number of hydrogen-bond acceptors (Lipinski definition) is 3. The van der Waals surface area contributed by atoms with Crippen LogP contribution in [0.5, 0.6) is 0 Å². The van der Waals surface area contributed by atoms with Crippen LogP contribution in [-0.4, -0.2) is 33.1 Å². The highest BCUT2D eigenvalue weighted by Gasteiger charge is 2.15. The van der Waals surface area contributed by atoms with Crippen LogP contribution in [0.25, 0.3) is 10.9 Å². The number of H-pyrrole nitrogens is 1. The Kier molecular flexibility index (Phi) is 4.56. The number of benzene rings is 1. The summed E-state index contributed by atoms with van der Waals surface area (Å²) in [7, 11) is 1.84. The SMILES string of the molecule is Cc1nn(C)cc1[C@H](C)NC(=O)CNC(=O)c1cc2ccccc2[nH]1. The van der Waals surface area contributed by atoms with Gasteiger partial charge in [-0.1, -0.05) is 18.2 Å². The number of hydrogen-bond donors (Lipinski definition) is 3. The third kappa shape index (κ3) is 3.71. The molecule has 3 aromatic rings. The van der Waals surface area contributed by atoms with Gasteiger partial charge in [-0.15, -0.1) is 0 Å². The molecule has 0 saturated heterocycles. The Morgan fingerprint density at radius 2 is 2.08 bits per heavy atom. The molecule has 1 atom stereocenters. The quantitative estimate of drug-likeness (QED) is 0.662. The van der Waals surface area contributed by atoms with Gasteiger partial charge >= 0.3 is 0 Å². The van der Waals surface area contributed by atoms with Crippen LogP contribution in [-0.2, 0) is 11.8 Å². The van der Waals surface area contributed by atoms with Crippen LogP contribution in [0.4, 0.5) is 0 Å². The maximum Gasteiger partial charge on any atom is 0.268 e. The molecule has 25 heavy (non-hydrogen) atoms. The fourth-order valence-corrected chi connectivity index (χ4v) is 2.86. The molecule has 0 radical (unpaired) electrons. The first-order chi connectivity index (χ1) is 11.9. The summed E-state index contributed by atoms with van der Waals surface area (Å²) in [6, 6.07) is 9.23. The average molecular weight is 339 g/mol. The van der Waals surface area contributed by atoms with Crippen LogP contribution in [0.2, 0.25) is 0 Å². The Morgan fingerprint density at radius 1 is 1.32 bits per heavy atom. The smallest absolute Gasteiger partial charge is 0.268 e. The Morgan fingerprint density at radius 3 is 2.76 bits per heavy atom. The summed E-state index contributed by atoms with van der Waals surface area (Å²) in [5, 5.41) is 10.7. The second-order valence-electron chi connectivity index (χ2n) is 6.09. The van der Waals surface area contributed by atoms with Gasteiger partial charge in [0.2, 0.25) is 5.91 Å². The summed E-state index contributed by atoms with van der Waals surface area (Å²) in [5.74, 6) is -0.559. The summed E-state index contributed by atoms with van der Waals surface area (Å²) in [6.07, 6.45) is 1.88. The number of nitrogens with zero attached hydrogens (tertiary/aromatic N) is 2. The molecule has 1 aromatic carbocycles. The first-order valence-corrected chi connectivity index (χ1v) is 8.09. The normalized spacial score (nSPS) is 12.1. The number of aryl methyl sites for hydroxylation is 2. The second kappa shape index (κ2) is 6.80. The summed E-state index contributed by atoms with van der Waals surface area (Å²) < 4.78 is 1.71. The lowest BCUT2D eigenvalue weighted by Gasteiger charge is -2.13. The molecule has 7 nitrogen and oxygen atoms in total. The number of amides is 2. The van der Waals surface area contributed by atoms with Crippen LogP contribution in [0, 0.1) is 6.92 Å². The van der Waals surface area contributed by atoms with E-state index in [0.717, 1.165) is 22.2 Å². The molecule has 130 valence electrons. The third-order valence-corrected chi connectivity index (χ3v) is 4.08. The number of aromatic nitrogens is 3. The van der Waals surface area contributed by atoms with E-state index in [2.05, 4.69) is 20.7 Å². The van der Waals surface area contributed by atoms with Gasteiger partial charge in [0.1, 0.15) is 5.69 Å². The van der Waals surface area contributed by atoms with Crippen molar-refractivity contribution in [3.05, 3.63) is 53.5 Å². The lowest BCUT2D eigenvalue weighted by molar-refractivity contribution is -0.120. The molecule has 0 unspecified atom stereocenters. The Hall–Kier alpha value is -3.09. The fourth-order valence-electron chi connectivity index (χ4n) is 2.86. The topological polar surface area (TPSA) is 91.8 Å². The number of carbonyl (C=O) groups excluding carboxylic acids is 2. The van der Waals surface area contributed by atoms with Gasteiger partial charge in [0.25, 0.3) is 5.91 Å². The predicted molar refractivity (Wildman–Crippen MR) is 95.1 cm³/mol. The van der Waals surface area contributed by atoms with E-state index in [1.807, 2.05) is 51.4 Å². The number of fused-ring (bicyclic) bond motifs is 1. The highest BCUT2D eigenvalue weighted by molar-refractivity contribution is 5.99. The molecule has 0 aliphatic heterocycles. The molecule has 3 N–H and O–H groups in total. The molecule has 2 amide bonds. The minimum absolute atomic E-state index is 0.0855. The van der Waals surface area contributed by atoms with E-state index in [1.54, 1.807) is 10.7 Å². The molecule has 2 heterocycles. The van der Waals surface area contributed by atoms with Gasteiger partial charge in [0.05, 0.1) is 18.3 Å². The third-order valence-electron chi connectivity index (χ3n) is 4.08. The highest BCUT2D eigenvalue weighted by Crippen LogP contribution is 2.15. The van der Waals surface area contributed by atoms with Gasteiger partial charge in [-0.05, 0) is 26.0 Å². The predicted octanol–water partition coefficient (Wildman–Crippen LogP) is 1.82. The summed E-state index contributed by atoms with van der Waals surface area (Å²) in [4.78, 5) is 27.3. The van der Waals surface area contributed by atoms with Crippen molar-refractivity contribution in [1.29, 1.82) is 0 Å². The van der Waals surface area contributed by atoms with Crippen LogP contribution in [0.1, 0.15) is 34.7 Å². The summed E-state index contributed by atoms with van der Waals surface area (Å²) in [5.41, 5.74) is 3.15. The van der Waals surface area contributed by atoms with Crippen molar-refractivity contribution in [3.63, 3.8) is 0 Å². The van der Waals surface area contributed by atoms with Gasteiger partial charge in [-0.2, -0.15) is 5.10 Å². The van der Waals surface area contributed by atoms with E-state index in [1.165, 1.54) is 0 Å². The molecule has 0 saturated carbocycles. The number of aromatic amines is 1. The lowest BCUT2D eigenvalue weighted by atomic mass is 10.1. The number of carbonyl (C=O) groups is 2. The molecule has 0 bridgehead atoms. The molecular formula is C18H21N5O2. The largest absolute Gasteiger partial charge is 0.351 e. The van der Waals surface area contributed by atoms with E-state index in [9.17, 15) is 9.59 Å². The Bertz CT molecular complexity index is 892. The molecule has 0 aliphatic rings. The first kappa shape index (κ1) is 16.8. The molecule has 7 heteroatoms. The first-order valence-electron chi connectivity index (χ1n) is 8.09. The van der Waals surface area contributed by atoms with Crippen molar-refractivity contribution in [2.75, 3.05) is 6.54 Å². The standard InChI is InChI=1S/C18H21N5O2/c1-11(14-10-23(3)22-12(14)2)20-17(24)9-19-18(25)16-8-13-6-4-5-7-15(13)21-16/h4-8,10-11,21H,9H2,1-3H3,(H,19,25)(H,20,24)/t11-/m0/s1. The molecule has 0 fully saturated rings. The molecule has 0 spiro atoms. The summed E-state index contributed by atoms with van der Waals surface area (Å²) in [6.45, 7) is 3.70. The van der Waals surface area contributed by atoms with Crippen LogP contribution < -0.4 is 10.6 Å². The van der Waals surface area contributed by atoms with Crippen molar-refractivity contribution >= 4 is 22.7 Å². The van der Waals surface area contributed by atoms with Gasteiger partial charge in [0, 0.05) is 29.7 Å². The van der Waals surface area contributed by atoms with Crippen molar-refractivity contribution in [3.8, 4) is 0 Å². The van der Waals surface area contributed by atoms with Crippen molar-refractivity contribution in [1.82, 2.24) is 25.4 Å².